The van der Waals surface area contributed by atoms with Crippen LogP contribution in [0, 0.1) is 0 Å². The average Bonchev–Trinajstić information content (AvgIpc) is 2.40. The minimum Gasteiger partial charge on any atom is -0.320 e. The van der Waals surface area contributed by atoms with E-state index in [1.807, 2.05) is 0 Å². The van der Waals surface area contributed by atoms with Gasteiger partial charge in [-0.1, -0.05) is 19.3 Å². The molecule has 0 radical (unpaired) electrons. The molecule has 1 N–H and O–H groups in total. The van der Waals surface area contributed by atoms with Crippen LogP contribution in [0.15, 0.2) is 0 Å². The molecule has 18 heavy (non-hydrogen) atoms. The predicted octanol–water partition coefficient (Wildman–Crippen LogP) is 1.93. The zero-order valence-corrected chi connectivity index (χ0v) is 12.5. The molecule has 3 heteroatoms. The van der Waals surface area contributed by atoms with Gasteiger partial charge in [-0.05, 0) is 46.8 Å². The molecule has 106 valence electrons. The smallest absolute Gasteiger partial charge is 0.0238 e. The van der Waals surface area contributed by atoms with E-state index < -0.39 is 0 Å². The normalized spacial score (nSPS) is 32.8. The van der Waals surface area contributed by atoms with E-state index in [0.717, 1.165) is 24.7 Å². The minimum absolute atomic E-state index is 0.720. The molecule has 0 spiro atoms. The molecule has 2 atom stereocenters. The zero-order valence-electron chi connectivity index (χ0n) is 12.5. The summed E-state index contributed by atoms with van der Waals surface area (Å²) in [6.07, 6.45) is 8.53. The van der Waals surface area contributed by atoms with Crippen LogP contribution in [0.2, 0.25) is 0 Å². The first-order valence-corrected chi connectivity index (χ1v) is 7.83. The fourth-order valence-corrected chi connectivity index (χ4v) is 3.64. The Morgan fingerprint density at radius 2 is 1.83 bits per heavy atom. The van der Waals surface area contributed by atoms with Crippen LogP contribution < -0.4 is 5.32 Å². The van der Waals surface area contributed by atoms with E-state index in [2.05, 4.69) is 36.1 Å². The number of nitrogens with one attached hydrogen (secondary N) is 1. The van der Waals surface area contributed by atoms with Gasteiger partial charge in [-0.25, -0.2) is 0 Å². The molecule has 1 aliphatic heterocycles. The maximum atomic E-state index is 3.32. The molecule has 0 aromatic carbocycles. The van der Waals surface area contributed by atoms with Crippen molar-refractivity contribution in [2.45, 2.75) is 63.6 Å². The van der Waals surface area contributed by atoms with Crippen LogP contribution in [0.5, 0.6) is 0 Å². The highest BCUT2D eigenvalue weighted by molar-refractivity contribution is 4.90. The van der Waals surface area contributed by atoms with Gasteiger partial charge in [-0.15, -0.1) is 0 Å². The van der Waals surface area contributed by atoms with Gasteiger partial charge in [0.05, 0.1) is 0 Å². The Morgan fingerprint density at radius 3 is 2.50 bits per heavy atom. The van der Waals surface area contributed by atoms with Gasteiger partial charge in [0.15, 0.2) is 0 Å². The van der Waals surface area contributed by atoms with Crippen LogP contribution in [0.1, 0.15) is 45.4 Å². The predicted molar refractivity (Wildman–Crippen MR) is 78.0 cm³/mol. The van der Waals surface area contributed by atoms with Gasteiger partial charge in [-0.3, -0.25) is 4.90 Å². The first kappa shape index (κ1) is 14.3. The fraction of sp³-hybridized carbons (Fsp3) is 1.00. The molecule has 0 aromatic heterocycles. The zero-order chi connectivity index (χ0) is 13.0. The van der Waals surface area contributed by atoms with E-state index in [-0.39, 0.29) is 0 Å². The van der Waals surface area contributed by atoms with Crippen molar-refractivity contribution in [2.24, 2.45) is 0 Å². The second-order valence-electron chi connectivity index (χ2n) is 6.32. The molecule has 2 rings (SSSR count). The van der Waals surface area contributed by atoms with Crippen molar-refractivity contribution in [1.29, 1.82) is 0 Å². The molecule has 2 unspecified atom stereocenters. The Hall–Kier alpha value is -0.120. The lowest BCUT2D eigenvalue weighted by Crippen LogP contribution is -2.59. The molecule has 2 fully saturated rings. The Labute approximate surface area is 113 Å². The highest BCUT2D eigenvalue weighted by Crippen LogP contribution is 2.28. The Morgan fingerprint density at radius 1 is 1.11 bits per heavy atom. The van der Waals surface area contributed by atoms with E-state index in [0.29, 0.717) is 0 Å². The second kappa shape index (κ2) is 6.88. The first-order chi connectivity index (χ1) is 8.72. The van der Waals surface area contributed by atoms with Gasteiger partial charge in [0.2, 0.25) is 0 Å². The SMILES string of the molecule is CNCCC1CN(C)C(C)CN1C1CCCCC1. The highest BCUT2D eigenvalue weighted by Gasteiger charge is 2.33. The van der Waals surface area contributed by atoms with Gasteiger partial charge in [-0.2, -0.15) is 0 Å². The number of likely N-dealkylation sites (N-methyl/N-ethyl adjacent to an activating group) is 1. The largest absolute Gasteiger partial charge is 0.320 e. The summed E-state index contributed by atoms with van der Waals surface area (Å²) in [4.78, 5) is 5.39. The summed E-state index contributed by atoms with van der Waals surface area (Å²) in [6, 6.07) is 2.36. The summed E-state index contributed by atoms with van der Waals surface area (Å²) < 4.78 is 0. The monoisotopic (exact) mass is 253 g/mol. The number of hydrogen-bond acceptors (Lipinski definition) is 3. The molecule has 0 amide bonds. The van der Waals surface area contributed by atoms with Gasteiger partial charge < -0.3 is 10.2 Å². The standard InChI is InChI=1S/C15H31N3/c1-13-11-18(14-7-5-4-6-8-14)15(9-10-16-2)12-17(13)3/h13-16H,4-12H2,1-3H3. The number of nitrogens with zero attached hydrogens (tertiary/aromatic N) is 2. The molecule has 1 heterocycles. The van der Waals surface area contributed by atoms with E-state index in [1.165, 1.54) is 51.6 Å². The summed E-state index contributed by atoms with van der Waals surface area (Å²) in [5, 5.41) is 3.32. The number of rotatable bonds is 4. The third-order valence-electron chi connectivity index (χ3n) is 4.97. The molecular formula is C15H31N3. The molecule has 3 nitrogen and oxygen atoms in total. The average molecular weight is 253 g/mol. The van der Waals surface area contributed by atoms with Gasteiger partial charge >= 0.3 is 0 Å². The summed E-state index contributed by atoms with van der Waals surface area (Å²) in [6.45, 7) is 6.05. The fourth-order valence-electron chi connectivity index (χ4n) is 3.64. The lowest BCUT2D eigenvalue weighted by molar-refractivity contribution is 0.00588. The Balaban J connectivity index is 1.97. The van der Waals surface area contributed by atoms with E-state index in [4.69, 9.17) is 0 Å². The van der Waals surface area contributed by atoms with Gasteiger partial charge in [0.25, 0.3) is 0 Å². The second-order valence-corrected chi connectivity index (χ2v) is 6.32. The van der Waals surface area contributed by atoms with Crippen LogP contribution >= 0.6 is 0 Å². The maximum Gasteiger partial charge on any atom is 0.0238 e. The van der Waals surface area contributed by atoms with Gasteiger partial charge in [0.1, 0.15) is 0 Å². The Kier molecular flexibility index (Phi) is 5.46. The number of hydrogen-bond donors (Lipinski definition) is 1. The summed E-state index contributed by atoms with van der Waals surface area (Å²) >= 11 is 0. The molecule has 1 saturated carbocycles. The van der Waals surface area contributed by atoms with Crippen LogP contribution in [-0.4, -0.2) is 61.7 Å². The third-order valence-corrected chi connectivity index (χ3v) is 4.97. The summed E-state index contributed by atoms with van der Waals surface area (Å²) in [5.74, 6) is 0. The maximum absolute atomic E-state index is 3.32. The van der Waals surface area contributed by atoms with E-state index in [9.17, 15) is 0 Å². The van der Waals surface area contributed by atoms with Crippen molar-refractivity contribution in [1.82, 2.24) is 15.1 Å². The van der Waals surface area contributed by atoms with E-state index >= 15 is 0 Å². The quantitative estimate of drug-likeness (QED) is 0.826. The lowest BCUT2D eigenvalue weighted by atomic mass is 9.91. The minimum atomic E-state index is 0.720. The molecule has 1 saturated heterocycles. The molecule has 0 aromatic rings. The van der Waals surface area contributed by atoms with Crippen molar-refractivity contribution in [3.05, 3.63) is 0 Å². The Bertz CT molecular complexity index is 238. The third kappa shape index (κ3) is 3.46. The van der Waals surface area contributed by atoms with Crippen molar-refractivity contribution in [3.8, 4) is 0 Å². The molecular weight excluding hydrogens is 222 g/mol. The van der Waals surface area contributed by atoms with Crippen LogP contribution in [0.4, 0.5) is 0 Å². The van der Waals surface area contributed by atoms with E-state index in [1.54, 1.807) is 0 Å². The van der Waals surface area contributed by atoms with Crippen molar-refractivity contribution < 1.29 is 0 Å². The van der Waals surface area contributed by atoms with Crippen LogP contribution in [0.3, 0.4) is 0 Å². The highest BCUT2D eigenvalue weighted by atomic mass is 15.3. The van der Waals surface area contributed by atoms with Crippen LogP contribution in [-0.2, 0) is 0 Å². The van der Waals surface area contributed by atoms with Crippen molar-refractivity contribution in [3.63, 3.8) is 0 Å². The lowest BCUT2D eigenvalue weighted by Gasteiger charge is -2.48. The first-order valence-electron chi connectivity index (χ1n) is 7.83. The van der Waals surface area contributed by atoms with Crippen LogP contribution in [0.25, 0.3) is 0 Å². The molecule has 2 aliphatic rings. The van der Waals surface area contributed by atoms with Gasteiger partial charge in [0, 0.05) is 31.2 Å². The number of piperazine rings is 1. The summed E-state index contributed by atoms with van der Waals surface area (Å²) in [7, 11) is 4.36. The topological polar surface area (TPSA) is 18.5 Å². The van der Waals surface area contributed by atoms with Crippen molar-refractivity contribution >= 4 is 0 Å². The van der Waals surface area contributed by atoms with Crippen molar-refractivity contribution in [2.75, 3.05) is 33.7 Å². The molecule has 0 bridgehead atoms. The molecule has 1 aliphatic carbocycles. The summed E-state index contributed by atoms with van der Waals surface area (Å²) in [5.41, 5.74) is 0.